The smallest absolute Gasteiger partial charge is 0.251 e. The molecule has 1 fully saturated rings. The Balaban J connectivity index is 1.17. The zero-order valence-corrected chi connectivity index (χ0v) is 20.9. The summed E-state index contributed by atoms with van der Waals surface area (Å²) in [7, 11) is 4.02. The average Bonchev–Trinajstić information content (AvgIpc) is 2.92. The Bertz CT molecular complexity index is 1330. The maximum Gasteiger partial charge on any atom is 0.251 e. The van der Waals surface area contributed by atoms with E-state index in [2.05, 4.69) is 16.7 Å². The van der Waals surface area contributed by atoms with E-state index in [0.717, 1.165) is 59.1 Å². The molecule has 184 valence electrons. The maximum atomic E-state index is 13.0. The summed E-state index contributed by atoms with van der Waals surface area (Å²) in [6, 6.07) is 26.4. The van der Waals surface area contributed by atoms with Crippen LogP contribution in [0.1, 0.15) is 36.0 Å². The zero-order chi connectivity index (χ0) is 24.9. The second-order valence-electron chi connectivity index (χ2n) is 9.77. The fraction of sp³-hybridized carbons (Fsp3) is 0.300. The highest BCUT2D eigenvalue weighted by atomic mass is 16.1. The number of carbonyl (C=O) groups excluding carboxylic acids is 1. The summed E-state index contributed by atoms with van der Waals surface area (Å²) in [6.45, 7) is 0.700. The van der Waals surface area contributed by atoms with E-state index in [-0.39, 0.29) is 5.91 Å². The fourth-order valence-corrected chi connectivity index (χ4v) is 5.04. The van der Waals surface area contributed by atoms with Gasteiger partial charge in [-0.15, -0.1) is 0 Å². The number of fused-ring (bicyclic) bond motifs is 1. The van der Waals surface area contributed by atoms with Gasteiger partial charge in [-0.3, -0.25) is 4.79 Å². The number of hydrogen-bond donors (Lipinski definition) is 2. The van der Waals surface area contributed by atoms with Crippen LogP contribution in [-0.2, 0) is 0 Å². The van der Waals surface area contributed by atoms with Crippen molar-refractivity contribution in [1.82, 2.24) is 15.3 Å². The van der Waals surface area contributed by atoms with Crippen molar-refractivity contribution in [3.05, 3.63) is 84.4 Å². The van der Waals surface area contributed by atoms with Gasteiger partial charge in [-0.25, -0.2) is 4.98 Å². The van der Waals surface area contributed by atoms with Gasteiger partial charge in [0.2, 0.25) is 5.95 Å². The molecule has 0 aliphatic heterocycles. The highest BCUT2D eigenvalue weighted by Crippen LogP contribution is 2.29. The lowest BCUT2D eigenvalue weighted by Gasteiger charge is -2.29. The lowest BCUT2D eigenvalue weighted by molar-refractivity contribution is 0.0944. The van der Waals surface area contributed by atoms with Gasteiger partial charge in [-0.05, 0) is 60.9 Å². The number of nitrogens with one attached hydrogen (secondary N) is 2. The zero-order valence-electron chi connectivity index (χ0n) is 20.9. The Labute approximate surface area is 212 Å². The summed E-state index contributed by atoms with van der Waals surface area (Å²) >= 11 is 0. The van der Waals surface area contributed by atoms with Gasteiger partial charge in [0.15, 0.2) is 0 Å². The summed E-state index contributed by atoms with van der Waals surface area (Å²) < 4.78 is 0. The Hall–Kier alpha value is -3.93. The quantitative estimate of drug-likeness (QED) is 0.352. The lowest BCUT2D eigenvalue weighted by atomic mass is 9.86. The fourth-order valence-electron chi connectivity index (χ4n) is 5.04. The van der Waals surface area contributed by atoms with Crippen LogP contribution in [0, 0.1) is 5.92 Å². The molecule has 3 aromatic carbocycles. The third-order valence-electron chi connectivity index (χ3n) is 6.99. The topological polar surface area (TPSA) is 70.2 Å². The predicted molar refractivity (Wildman–Crippen MR) is 147 cm³/mol. The first-order chi connectivity index (χ1) is 17.6. The molecule has 1 amide bonds. The molecule has 1 saturated carbocycles. The van der Waals surface area contributed by atoms with Crippen molar-refractivity contribution in [3.63, 3.8) is 0 Å². The molecule has 6 heteroatoms. The summed E-state index contributed by atoms with van der Waals surface area (Å²) in [5, 5.41) is 7.82. The van der Waals surface area contributed by atoms with Crippen LogP contribution in [0.25, 0.3) is 22.0 Å². The molecule has 5 rings (SSSR count). The van der Waals surface area contributed by atoms with Gasteiger partial charge >= 0.3 is 0 Å². The molecule has 1 aliphatic carbocycles. The van der Waals surface area contributed by atoms with Gasteiger partial charge in [0.25, 0.3) is 5.91 Å². The van der Waals surface area contributed by atoms with Crippen LogP contribution < -0.4 is 15.5 Å². The number of nitrogens with zero attached hydrogens (tertiary/aromatic N) is 3. The normalized spacial score (nSPS) is 17.5. The Morgan fingerprint density at radius 1 is 0.861 bits per heavy atom. The molecule has 4 aromatic rings. The number of anilines is 2. The van der Waals surface area contributed by atoms with Crippen molar-refractivity contribution in [2.75, 3.05) is 30.9 Å². The van der Waals surface area contributed by atoms with Crippen LogP contribution >= 0.6 is 0 Å². The van der Waals surface area contributed by atoms with Gasteiger partial charge in [0, 0.05) is 37.6 Å². The van der Waals surface area contributed by atoms with E-state index >= 15 is 0 Å². The minimum atomic E-state index is -0.00419. The van der Waals surface area contributed by atoms with Crippen LogP contribution in [0.2, 0.25) is 0 Å². The standard InChI is InChI=1S/C30H33N5O/c1-35(2)28-26-14-8-9-15-27(26)33-30(34-28)32-23-18-16-21(17-19-23)20-31-29(36)25-13-7-6-12-24(25)22-10-4-3-5-11-22/h3-15,21,23H,16-20H2,1-2H3,(H,31,36)(H,32,33,34). The molecule has 1 aromatic heterocycles. The van der Waals surface area contributed by atoms with Crippen molar-refractivity contribution in [1.29, 1.82) is 0 Å². The minimum absolute atomic E-state index is 0.00419. The number of benzene rings is 3. The monoisotopic (exact) mass is 479 g/mol. The van der Waals surface area contributed by atoms with Crippen LogP contribution in [0.3, 0.4) is 0 Å². The lowest BCUT2D eigenvalue weighted by Crippen LogP contribution is -2.34. The number of amides is 1. The van der Waals surface area contributed by atoms with Crippen molar-refractivity contribution < 1.29 is 4.79 Å². The average molecular weight is 480 g/mol. The molecule has 0 saturated heterocycles. The van der Waals surface area contributed by atoms with Crippen molar-refractivity contribution in [2.24, 2.45) is 5.92 Å². The van der Waals surface area contributed by atoms with Crippen molar-refractivity contribution in [2.45, 2.75) is 31.7 Å². The third kappa shape index (κ3) is 5.33. The predicted octanol–water partition coefficient (Wildman–Crippen LogP) is 5.76. The first-order valence-corrected chi connectivity index (χ1v) is 12.7. The summed E-state index contributed by atoms with van der Waals surface area (Å²) in [5.41, 5.74) is 3.70. The molecule has 0 radical (unpaired) electrons. The summed E-state index contributed by atoms with van der Waals surface area (Å²) in [6.07, 6.45) is 4.20. The SMILES string of the molecule is CN(C)c1nc(NC2CCC(CNC(=O)c3ccccc3-c3ccccc3)CC2)nc2ccccc12. The molecule has 6 nitrogen and oxygen atoms in total. The van der Waals surface area contributed by atoms with Crippen LogP contribution in [0.4, 0.5) is 11.8 Å². The van der Waals surface area contributed by atoms with E-state index in [1.807, 2.05) is 91.8 Å². The van der Waals surface area contributed by atoms with Gasteiger partial charge in [-0.2, -0.15) is 4.98 Å². The van der Waals surface area contributed by atoms with Gasteiger partial charge in [0.1, 0.15) is 5.82 Å². The first-order valence-electron chi connectivity index (χ1n) is 12.7. The van der Waals surface area contributed by atoms with Crippen LogP contribution in [0.5, 0.6) is 0 Å². The van der Waals surface area contributed by atoms with Crippen LogP contribution in [-0.4, -0.2) is 42.6 Å². The molecule has 0 bridgehead atoms. The number of rotatable bonds is 7. The van der Waals surface area contributed by atoms with E-state index in [9.17, 15) is 4.79 Å². The Kier molecular flexibility index (Phi) is 7.12. The maximum absolute atomic E-state index is 13.0. The molecule has 0 spiro atoms. The summed E-state index contributed by atoms with van der Waals surface area (Å²) in [4.78, 5) is 24.6. The molecule has 0 unspecified atom stereocenters. The molecule has 1 heterocycles. The molecule has 36 heavy (non-hydrogen) atoms. The molecular formula is C30H33N5O. The van der Waals surface area contributed by atoms with Crippen molar-refractivity contribution >= 4 is 28.6 Å². The van der Waals surface area contributed by atoms with Crippen LogP contribution in [0.15, 0.2) is 78.9 Å². The van der Waals surface area contributed by atoms with Crippen molar-refractivity contribution in [3.8, 4) is 11.1 Å². The Morgan fingerprint density at radius 2 is 1.56 bits per heavy atom. The second-order valence-corrected chi connectivity index (χ2v) is 9.77. The molecular weight excluding hydrogens is 446 g/mol. The van der Waals surface area contributed by atoms with E-state index in [0.29, 0.717) is 24.5 Å². The second kappa shape index (κ2) is 10.8. The molecule has 1 aliphatic rings. The van der Waals surface area contributed by atoms with E-state index in [1.165, 1.54) is 0 Å². The minimum Gasteiger partial charge on any atom is -0.362 e. The number of carbonyl (C=O) groups is 1. The molecule has 2 N–H and O–H groups in total. The third-order valence-corrected chi connectivity index (χ3v) is 6.99. The summed E-state index contributed by atoms with van der Waals surface area (Å²) in [5.74, 6) is 2.09. The number of hydrogen-bond acceptors (Lipinski definition) is 5. The van der Waals surface area contributed by atoms with Gasteiger partial charge in [0.05, 0.1) is 5.52 Å². The number of para-hydroxylation sites is 1. The van der Waals surface area contributed by atoms with Gasteiger partial charge in [-0.1, -0.05) is 60.7 Å². The highest BCUT2D eigenvalue weighted by molar-refractivity contribution is 6.00. The molecule has 0 atom stereocenters. The van der Waals surface area contributed by atoms with E-state index in [4.69, 9.17) is 9.97 Å². The van der Waals surface area contributed by atoms with E-state index in [1.54, 1.807) is 0 Å². The Morgan fingerprint density at radius 3 is 2.33 bits per heavy atom. The number of aromatic nitrogens is 2. The largest absolute Gasteiger partial charge is 0.362 e. The first kappa shape index (κ1) is 23.8. The van der Waals surface area contributed by atoms with Gasteiger partial charge < -0.3 is 15.5 Å². The van der Waals surface area contributed by atoms with E-state index < -0.39 is 0 Å². The highest BCUT2D eigenvalue weighted by Gasteiger charge is 2.23.